The fraction of sp³-hybridized carbons (Fsp3) is 1.00. The zero-order valence-corrected chi connectivity index (χ0v) is 7.22. The zero-order valence-electron chi connectivity index (χ0n) is 7.22. The monoisotopic (exact) mass is 142 g/mol. The molecule has 1 aliphatic carbocycles. The van der Waals surface area contributed by atoms with Crippen molar-refractivity contribution >= 4 is 0 Å². The van der Waals surface area contributed by atoms with Crippen LogP contribution in [0.1, 0.15) is 40.0 Å². The second kappa shape index (κ2) is 2.54. The van der Waals surface area contributed by atoms with E-state index >= 15 is 0 Å². The Labute approximate surface area is 63.4 Å². The molecule has 0 saturated heterocycles. The molecule has 60 valence electrons. The van der Waals surface area contributed by atoms with Gasteiger partial charge < -0.3 is 5.11 Å². The lowest BCUT2D eigenvalue weighted by atomic mass is 9.71. The Hall–Kier alpha value is -0.0400. The Bertz CT molecular complexity index is 118. The molecule has 1 aliphatic rings. The van der Waals surface area contributed by atoms with Gasteiger partial charge in [0.1, 0.15) is 0 Å². The van der Waals surface area contributed by atoms with Crippen LogP contribution in [-0.4, -0.2) is 11.2 Å². The first kappa shape index (κ1) is 8.06. The van der Waals surface area contributed by atoms with Gasteiger partial charge in [-0.25, -0.2) is 0 Å². The summed E-state index contributed by atoms with van der Waals surface area (Å²) in [6.07, 6.45) is 3.31. The maximum atomic E-state index is 9.41. The van der Waals surface area contributed by atoms with Crippen molar-refractivity contribution < 1.29 is 5.11 Å². The van der Waals surface area contributed by atoms with Crippen LogP contribution in [0.15, 0.2) is 0 Å². The third-order valence-electron chi connectivity index (χ3n) is 2.65. The molecule has 0 amide bonds. The Morgan fingerprint density at radius 3 is 2.40 bits per heavy atom. The predicted molar refractivity (Wildman–Crippen MR) is 42.8 cm³/mol. The SMILES string of the molecule is CC1CC(C)(C)CC[C@@H]1O. The number of aliphatic hydroxyl groups is 1. The van der Waals surface area contributed by atoms with Crippen LogP contribution >= 0.6 is 0 Å². The van der Waals surface area contributed by atoms with E-state index in [1.165, 1.54) is 12.8 Å². The van der Waals surface area contributed by atoms with E-state index in [0.717, 1.165) is 6.42 Å². The average molecular weight is 142 g/mol. The van der Waals surface area contributed by atoms with Gasteiger partial charge in [-0.2, -0.15) is 0 Å². The number of hydrogen-bond acceptors (Lipinski definition) is 1. The molecule has 1 rings (SSSR count). The second-order valence-corrected chi connectivity index (χ2v) is 4.45. The Balaban J connectivity index is 2.49. The molecule has 0 aromatic carbocycles. The highest BCUT2D eigenvalue weighted by Crippen LogP contribution is 2.38. The molecule has 0 aliphatic heterocycles. The molecule has 0 bridgehead atoms. The molecule has 1 fully saturated rings. The Kier molecular flexibility index (Phi) is 2.04. The highest BCUT2D eigenvalue weighted by atomic mass is 16.3. The van der Waals surface area contributed by atoms with Crippen molar-refractivity contribution in [1.82, 2.24) is 0 Å². The van der Waals surface area contributed by atoms with Crippen molar-refractivity contribution in [2.45, 2.75) is 46.1 Å². The smallest absolute Gasteiger partial charge is 0.0566 e. The van der Waals surface area contributed by atoms with Gasteiger partial charge in [0.25, 0.3) is 0 Å². The summed E-state index contributed by atoms with van der Waals surface area (Å²) in [6, 6.07) is 0. The molecule has 1 N–H and O–H groups in total. The minimum Gasteiger partial charge on any atom is -0.393 e. The van der Waals surface area contributed by atoms with Gasteiger partial charge in [0.05, 0.1) is 6.10 Å². The summed E-state index contributed by atoms with van der Waals surface area (Å²) in [4.78, 5) is 0. The van der Waals surface area contributed by atoms with Crippen LogP contribution in [0.25, 0.3) is 0 Å². The highest BCUT2D eigenvalue weighted by molar-refractivity contribution is 4.82. The standard InChI is InChI=1S/C9H18O/c1-7-6-9(2,3)5-4-8(7)10/h7-8,10H,4-6H2,1-3H3/t7?,8-/m0/s1. The fourth-order valence-corrected chi connectivity index (χ4v) is 1.93. The van der Waals surface area contributed by atoms with Gasteiger partial charge in [-0.05, 0) is 30.6 Å². The number of hydrogen-bond donors (Lipinski definition) is 1. The summed E-state index contributed by atoms with van der Waals surface area (Å²) in [7, 11) is 0. The van der Waals surface area contributed by atoms with Crippen molar-refractivity contribution in [2.24, 2.45) is 11.3 Å². The fourth-order valence-electron chi connectivity index (χ4n) is 1.93. The molecule has 0 spiro atoms. The summed E-state index contributed by atoms with van der Waals surface area (Å²) in [5, 5.41) is 9.41. The third kappa shape index (κ3) is 1.72. The van der Waals surface area contributed by atoms with Crippen molar-refractivity contribution in [3.63, 3.8) is 0 Å². The van der Waals surface area contributed by atoms with E-state index < -0.39 is 0 Å². The van der Waals surface area contributed by atoms with Crippen molar-refractivity contribution in [1.29, 1.82) is 0 Å². The molecule has 2 atom stereocenters. The lowest BCUT2D eigenvalue weighted by Crippen LogP contribution is -2.31. The van der Waals surface area contributed by atoms with Crippen LogP contribution in [0.3, 0.4) is 0 Å². The summed E-state index contributed by atoms with van der Waals surface area (Å²) >= 11 is 0. The summed E-state index contributed by atoms with van der Waals surface area (Å²) in [5.74, 6) is 0.503. The molecule has 1 unspecified atom stereocenters. The van der Waals surface area contributed by atoms with E-state index in [9.17, 15) is 5.11 Å². The van der Waals surface area contributed by atoms with Crippen LogP contribution in [-0.2, 0) is 0 Å². The third-order valence-corrected chi connectivity index (χ3v) is 2.65. The normalized spacial score (nSPS) is 39.6. The second-order valence-electron chi connectivity index (χ2n) is 4.45. The van der Waals surface area contributed by atoms with E-state index in [0.29, 0.717) is 11.3 Å². The molecule has 0 aromatic rings. The molecule has 1 nitrogen and oxygen atoms in total. The van der Waals surface area contributed by atoms with Crippen LogP contribution < -0.4 is 0 Å². The molecular formula is C9H18O. The van der Waals surface area contributed by atoms with Crippen LogP contribution in [0.5, 0.6) is 0 Å². The molecular weight excluding hydrogens is 124 g/mol. The summed E-state index contributed by atoms with van der Waals surface area (Å²) in [6.45, 7) is 6.72. The van der Waals surface area contributed by atoms with E-state index in [-0.39, 0.29) is 6.10 Å². The van der Waals surface area contributed by atoms with E-state index in [2.05, 4.69) is 20.8 Å². The largest absolute Gasteiger partial charge is 0.393 e. The number of rotatable bonds is 0. The topological polar surface area (TPSA) is 20.2 Å². The van der Waals surface area contributed by atoms with Gasteiger partial charge in [0.2, 0.25) is 0 Å². The van der Waals surface area contributed by atoms with Crippen molar-refractivity contribution in [2.75, 3.05) is 0 Å². The zero-order chi connectivity index (χ0) is 7.78. The first-order valence-electron chi connectivity index (χ1n) is 4.19. The van der Waals surface area contributed by atoms with Crippen LogP contribution in [0, 0.1) is 11.3 Å². The van der Waals surface area contributed by atoms with Gasteiger partial charge in [-0.1, -0.05) is 20.8 Å². The first-order chi connectivity index (χ1) is 4.51. The molecule has 1 heteroatoms. The molecule has 0 heterocycles. The Morgan fingerprint density at radius 2 is 2.00 bits per heavy atom. The quantitative estimate of drug-likeness (QED) is 0.549. The molecule has 10 heavy (non-hydrogen) atoms. The highest BCUT2D eigenvalue weighted by Gasteiger charge is 2.30. The lowest BCUT2D eigenvalue weighted by molar-refractivity contribution is 0.0304. The minimum absolute atomic E-state index is 0.0342. The maximum Gasteiger partial charge on any atom is 0.0566 e. The van der Waals surface area contributed by atoms with Crippen molar-refractivity contribution in [3.8, 4) is 0 Å². The number of aliphatic hydroxyl groups excluding tert-OH is 1. The average Bonchev–Trinajstić information content (AvgIpc) is 1.79. The van der Waals surface area contributed by atoms with E-state index in [4.69, 9.17) is 0 Å². The predicted octanol–water partition coefficient (Wildman–Crippen LogP) is 2.19. The maximum absolute atomic E-state index is 9.41. The summed E-state index contributed by atoms with van der Waals surface area (Å²) < 4.78 is 0. The van der Waals surface area contributed by atoms with Gasteiger partial charge in [0, 0.05) is 0 Å². The van der Waals surface area contributed by atoms with Gasteiger partial charge in [0.15, 0.2) is 0 Å². The van der Waals surface area contributed by atoms with E-state index in [1.54, 1.807) is 0 Å². The van der Waals surface area contributed by atoms with Gasteiger partial charge >= 0.3 is 0 Å². The molecule has 0 radical (unpaired) electrons. The summed E-state index contributed by atoms with van der Waals surface area (Å²) in [5.41, 5.74) is 0.471. The molecule has 0 aromatic heterocycles. The van der Waals surface area contributed by atoms with Crippen molar-refractivity contribution in [3.05, 3.63) is 0 Å². The van der Waals surface area contributed by atoms with Gasteiger partial charge in [-0.15, -0.1) is 0 Å². The lowest BCUT2D eigenvalue weighted by Gasteiger charge is -2.36. The van der Waals surface area contributed by atoms with Crippen LogP contribution in [0.4, 0.5) is 0 Å². The first-order valence-corrected chi connectivity index (χ1v) is 4.19. The van der Waals surface area contributed by atoms with Gasteiger partial charge in [-0.3, -0.25) is 0 Å². The van der Waals surface area contributed by atoms with Crippen LogP contribution in [0.2, 0.25) is 0 Å². The minimum atomic E-state index is -0.0342. The van der Waals surface area contributed by atoms with E-state index in [1.807, 2.05) is 0 Å². The molecule has 1 saturated carbocycles. The Morgan fingerprint density at radius 1 is 1.40 bits per heavy atom.